The molecule has 9 heteroatoms. The highest BCUT2D eigenvalue weighted by molar-refractivity contribution is 5.92. The molecule has 0 spiro atoms. The molecule has 0 radical (unpaired) electrons. The number of carbonyl (C=O) groups is 1. The first-order chi connectivity index (χ1) is 12.2. The molecule has 26 heavy (non-hydrogen) atoms. The van der Waals surface area contributed by atoms with Crippen molar-refractivity contribution in [3.63, 3.8) is 0 Å². The maximum atomic E-state index is 12.3. The topological polar surface area (TPSA) is 77.0 Å². The normalized spacial score (nSPS) is 12.5. The molecule has 140 valence electrons. The summed E-state index contributed by atoms with van der Waals surface area (Å²) in [6, 6.07) is 2.73. The van der Waals surface area contributed by atoms with Crippen molar-refractivity contribution in [2.24, 2.45) is 0 Å². The van der Waals surface area contributed by atoms with Gasteiger partial charge in [-0.1, -0.05) is 6.92 Å². The number of carbonyl (C=O) groups excluding carboxylic acids is 1. The predicted octanol–water partition coefficient (Wildman–Crippen LogP) is 3.17. The van der Waals surface area contributed by atoms with Crippen LogP contribution in [-0.2, 0) is 6.42 Å². The van der Waals surface area contributed by atoms with Gasteiger partial charge in [-0.25, -0.2) is 15.0 Å². The Labute approximate surface area is 148 Å². The van der Waals surface area contributed by atoms with Crippen molar-refractivity contribution in [1.82, 2.24) is 20.3 Å². The molecule has 1 amide bonds. The Kier molecular flexibility index (Phi) is 6.12. The van der Waals surface area contributed by atoms with E-state index in [1.54, 1.807) is 19.9 Å². The molecule has 0 saturated carbocycles. The lowest BCUT2D eigenvalue weighted by atomic mass is 10.1. The van der Waals surface area contributed by atoms with E-state index in [4.69, 9.17) is 0 Å². The summed E-state index contributed by atoms with van der Waals surface area (Å²) in [5.41, 5.74) is 1.33. The molecule has 6 nitrogen and oxygen atoms in total. The Hall–Kier alpha value is -2.71. The van der Waals surface area contributed by atoms with E-state index in [-0.39, 0.29) is 17.5 Å². The summed E-state index contributed by atoms with van der Waals surface area (Å²) in [7, 11) is 0. The van der Waals surface area contributed by atoms with Gasteiger partial charge in [0.15, 0.2) is 6.61 Å². The van der Waals surface area contributed by atoms with Gasteiger partial charge in [-0.2, -0.15) is 13.2 Å². The van der Waals surface area contributed by atoms with E-state index in [0.717, 1.165) is 0 Å². The number of alkyl halides is 3. The molecule has 0 aliphatic rings. The molecule has 0 fully saturated rings. The van der Waals surface area contributed by atoms with Gasteiger partial charge in [0.2, 0.25) is 5.88 Å². The molecular formula is C17H19F3N4O2. The van der Waals surface area contributed by atoms with Crippen LogP contribution in [0.5, 0.6) is 5.88 Å². The molecule has 0 saturated heterocycles. The van der Waals surface area contributed by atoms with Gasteiger partial charge in [0.1, 0.15) is 11.5 Å². The number of amides is 1. The zero-order valence-corrected chi connectivity index (χ0v) is 14.6. The van der Waals surface area contributed by atoms with Crippen LogP contribution in [0.3, 0.4) is 0 Å². The fraction of sp³-hybridized carbons (Fsp3) is 0.412. The Morgan fingerprint density at radius 1 is 1.35 bits per heavy atom. The molecule has 1 unspecified atom stereocenters. The average Bonchev–Trinajstić information content (AvgIpc) is 2.59. The summed E-state index contributed by atoms with van der Waals surface area (Å²) in [6.07, 6.45) is -0.923. The molecule has 1 N–H and O–H groups in total. The molecule has 0 aliphatic carbocycles. The smallest absolute Gasteiger partial charge is 0.422 e. The Morgan fingerprint density at radius 2 is 2.08 bits per heavy atom. The fourth-order valence-corrected chi connectivity index (χ4v) is 2.17. The molecular weight excluding hydrogens is 349 g/mol. The van der Waals surface area contributed by atoms with Gasteiger partial charge < -0.3 is 10.1 Å². The van der Waals surface area contributed by atoms with Crippen LogP contribution in [-0.4, -0.2) is 33.6 Å². The monoisotopic (exact) mass is 368 g/mol. The van der Waals surface area contributed by atoms with E-state index in [9.17, 15) is 18.0 Å². The molecule has 1 atom stereocenters. The maximum absolute atomic E-state index is 12.3. The summed E-state index contributed by atoms with van der Waals surface area (Å²) in [6.45, 7) is 3.82. The van der Waals surface area contributed by atoms with Crippen molar-refractivity contribution in [2.45, 2.75) is 39.4 Å². The highest BCUT2D eigenvalue weighted by Crippen LogP contribution is 2.22. The predicted molar refractivity (Wildman–Crippen MR) is 87.8 cm³/mol. The minimum absolute atomic E-state index is 0.0898. The lowest BCUT2D eigenvalue weighted by Crippen LogP contribution is -2.28. The largest absolute Gasteiger partial charge is 0.468 e. The van der Waals surface area contributed by atoms with Crippen LogP contribution in [0.4, 0.5) is 13.2 Å². The number of aryl methyl sites for hydroxylation is 2. The number of halogens is 3. The van der Waals surface area contributed by atoms with Gasteiger partial charge in [-0.15, -0.1) is 0 Å². The van der Waals surface area contributed by atoms with Gasteiger partial charge in [-0.3, -0.25) is 4.79 Å². The van der Waals surface area contributed by atoms with Crippen LogP contribution in [0.1, 0.15) is 47.3 Å². The van der Waals surface area contributed by atoms with Gasteiger partial charge in [0.05, 0.1) is 6.04 Å². The first-order valence-corrected chi connectivity index (χ1v) is 7.98. The molecule has 2 aromatic rings. The van der Waals surface area contributed by atoms with Crippen molar-refractivity contribution in [2.75, 3.05) is 6.61 Å². The second-order valence-corrected chi connectivity index (χ2v) is 5.70. The number of ether oxygens (including phenoxy) is 1. The van der Waals surface area contributed by atoms with Crippen LogP contribution in [0.2, 0.25) is 0 Å². The van der Waals surface area contributed by atoms with Gasteiger partial charge in [0, 0.05) is 24.4 Å². The van der Waals surface area contributed by atoms with Gasteiger partial charge in [-0.05, 0) is 31.5 Å². The van der Waals surface area contributed by atoms with Crippen molar-refractivity contribution in [3.05, 3.63) is 47.2 Å². The van der Waals surface area contributed by atoms with Crippen LogP contribution in [0.25, 0.3) is 0 Å². The van der Waals surface area contributed by atoms with E-state index in [1.807, 2.05) is 6.92 Å². The van der Waals surface area contributed by atoms with Crippen LogP contribution < -0.4 is 10.1 Å². The van der Waals surface area contributed by atoms with Crippen LogP contribution in [0, 0.1) is 6.92 Å². The lowest BCUT2D eigenvalue weighted by molar-refractivity contribution is -0.154. The molecule has 0 aromatic carbocycles. The lowest BCUT2D eigenvalue weighted by Gasteiger charge is -2.16. The zero-order chi connectivity index (χ0) is 19.3. The molecule has 2 rings (SSSR count). The Bertz CT molecular complexity index is 781. The number of hydrogen-bond donors (Lipinski definition) is 1. The number of pyridine rings is 1. The van der Waals surface area contributed by atoms with E-state index in [1.165, 1.54) is 18.5 Å². The van der Waals surface area contributed by atoms with E-state index < -0.39 is 18.8 Å². The third kappa shape index (κ3) is 5.40. The van der Waals surface area contributed by atoms with Gasteiger partial charge >= 0.3 is 6.18 Å². The minimum Gasteiger partial charge on any atom is -0.468 e. The van der Waals surface area contributed by atoms with Crippen LogP contribution >= 0.6 is 0 Å². The molecule has 2 heterocycles. The van der Waals surface area contributed by atoms with Crippen molar-refractivity contribution in [3.8, 4) is 5.88 Å². The molecule has 2 aromatic heterocycles. The summed E-state index contributed by atoms with van der Waals surface area (Å²) >= 11 is 0. The number of rotatable bonds is 6. The quantitative estimate of drug-likeness (QED) is 0.847. The standard InChI is InChI=1S/C17H19F3N4O2/c1-4-14-21-6-5-13(24-14)15(25)23-11(3)12-7-10(2)16(22-8-12)26-9-17(18,19)20/h5-8,11H,4,9H2,1-3H3,(H,23,25). The third-order valence-electron chi connectivity index (χ3n) is 3.53. The van der Waals surface area contributed by atoms with Crippen molar-refractivity contribution >= 4 is 5.91 Å². The summed E-state index contributed by atoms with van der Waals surface area (Å²) in [4.78, 5) is 24.4. The minimum atomic E-state index is -4.43. The summed E-state index contributed by atoms with van der Waals surface area (Å²) in [5, 5.41) is 2.78. The number of aromatic nitrogens is 3. The first-order valence-electron chi connectivity index (χ1n) is 7.98. The SMILES string of the molecule is CCc1nccc(C(=O)NC(C)c2cnc(OCC(F)(F)F)c(C)c2)n1. The molecule has 0 aliphatic heterocycles. The van der Waals surface area contributed by atoms with Crippen LogP contribution in [0.15, 0.2) is 24.5 Å². The average molecular weight is 368 g/mol. The third-order valence-corrected chi connectivity index (χ3v) is 3.53. The maximum Gasteiger partial charge on any atom is 0.422 e. The fourth-order valence-electron chi connectivity index (χ4n) is 2.17. The number of hydrogen-bond acceptors (Lipinski definition) is 5. The van der Waals surface area contributed by atoms with Crippen molar-refractivity contribution in [1.29, 1.82) is 0 Å². The van der Waals surface area contributed by atoms with E-state index in [2.05, 4.69) is 25.0 Å². The zero-order valence-electron chi connectivity index (χ0n) is 14.6. The van der Waals surface area contributed by atoms with Gasteiger partial charge in [0.25, 0.3) is 5.91 Å². The second-order valence-electron chi connectivity index (χ2n) is 5.70. The van der Waals surface area contributed by atoms with E-state index in [0.29, 0.717) is 23.4 Å². The first kappa shape index (κ1) is 19.6. The van der Waals surface area contributed by atoms with E-state index >= 15 is 0 Å². The summed E-state index contributed by atoms with van der Waals surface area (Å²) < 4.78 is 41.4. The molecule has 0 bridgehead atoms. The second kappa shape index (κ2) is 8.11. The Balaban J connectivity index is 2.05. The highest BCUT2D eigenvalue weighted by Gasteiger charge is 2.29. The Morgan fingerprint density at radius 3 is 2.69 bits per heavy atom. The summed E-state index contributed by atoms with van der Waals surface area (Å²) in [5.74, 6) is 0.103. The number of nitrogens with zero attached hydrogens (tertiary/aromatic N) is 3. The number of nitrogens with one attached hydrogen (secondary N) is 1. The van der Waals surface area contributed by atoms with Crippen molar-refractivity contribution < 1.29 is 22.7 Å². The highest BCUT2D eigenvalue weighted by atomic mass is 19.4.